The SMILES string of the molecule is Cc1nc(C2CC2)sc1C(=O)N1CCC2(CCCOC2)C1. The van der Waals surface area contributed by atoms with Gasteiger partial charge in [0.2, 0.25) is 0 Å². The highest BCUT2D eigenvalue weighted by Crippen LogP contribution is 2.43. The predicted molar refractivity (Wildman–Crippen MR) is 81.8 cm³/mol. The fourth-order valence-electron chi connectivity index (χ4n) is 3.60. The quantitative estimate of drug-likeness (QED) is 0.843. The zero-order chi connectivity index (χ0) is 14.4. The van der Waals surface area contributed by atoms with Crippen molar-refractivity contribution in [3.8, 4) is 0 Å². The zero-order valence-electron chi connectivity index (χ0n) is 12.6. The largest absolute Gasteiger partial charge is 0.381 e. The number of aryl methyl sites for hydroxylation is 1. The molecule has 1 aromatic rings. The fraction of sp³-hybridized carbons (Fsp3) is 0.750. The van der Waals surface area contributed by atoms with Gasteiger partial charge in [-0.2, -0.15) is 0 Å². The van der Waals surface area contributed by atoms with Crippen LogP contribution in [-0.2, 0) is 4.74 Å². The lowest BCUT2D eigenvalue weighted by Gasteiger charge is -2.32. The molecule has 0 radical (unpaired) electrons. The van der Waals surface area contributed by atoms with Gasteiger partial charge in [0.25, 0.3) is 5.91 Å². The second-order valence-corrected chi connectivity index (χ2v) is 7.90. The molecule has 1 unspecified atom stereocenters. The first-order valence-corrected chi connectivity index (χ1v) is 8.83. The second kappa shape index (κ2) is 5.06. The molecule has 3 fully saturated rings. The molecule has 1 saturated carbocycles. The lowest BCUT2D eigenvalue weighted by molar-refractivity contribution is -0.00157. The van der Waals surface area contributed by atoms with Gasteiger partial charge in [0.1, 0.15) is 4.88 Å². The summed E-state index contributed by atoms with van der Waals surface area (Å²) in [6.07, 6.45) is 5.90. The van der Waals surface area contributed by atoms with Crippen LogP contribution in [0.3, 0.4) is 0 Å². The minimum absolute atomic E-state index is 0.194. The normalized spacial score (nSPS) is 29.3. The van der Waals surface area contributed by atoms with E-state index in [0.717, 1.165) is 49.7 Å². The number of carbonyl (C=O) groups is 1. The van der Waals surface area contributed by atoms with E-state index in [0.29, 0.717) is 5.92 Å². The van der Waals surface area contributed by atoms with Crippen molar-refractivity contribution in [2.24, 2.45) is 5.41 Å². The molecule has 1 aromatic heterocycles. The number of rotatable bonds is 2. The molecule has 1 atom stereocenters. The maximum atomic E-state index is 12.8. The average molecular weight is 306 g/mol. The molecule has 2 saturated heterocycles. The van der Waals surface area contributed by atoms with Crippen molar-refractivity contribution in [3.63, 3.8) is 0 Å². The van der Waals surface area contributed by atoms with Gasteiger partial charge in [-0.1, -0.05) is 0 Å². The number of thiazole rings is 1. The summed E-state index contributed by atoms with van der Waals surface area (Å²) in [6.45, 7) is 5.42. The molecule has 1 spiro atoms. The van der Waals surface area contributed by atoms with Crippen LogP contribution in [0.4, 0.5) is 0 Å². The molecular formula is C16H22N2O2S. The summed E-state index contributed by atoms with van der Waals surface area (Å²) < 4.78 is 5.66. The summed E-state index contributed by atoms with van der Waals surface area (Å²) in [5, 5.41) is 1.17. The summed E-state index contributed by atoms with van der Waals surface area (Å²) in [7, 11) is 0. The van der Waals surface area contributed by atoms with Crippen LogP contribution in [0.15, 0.2) is 0 Å². The Morgan fingerprint density at radius 2 is 2.29 bits per heavy atom. The number of carbonyl (C=O) groups excluding carboxylic acids is 1. The molecule has 21 heavy (non-hydrogen) atoms. The van der Waals surface area contributed by atoms with Crippen molar-refractivity contribution in [1.29, 1.82) is 0 Å². The molecule has 0 N–H and O–H groups in total. The highest BCUT2D eigenvalue weighted by Gasteiger charge is 2.42. The summed E-state index contributed by atoms with van der Waals surface area (Å²) in [4.78, 5) is 20.3. The minimum atomic E-state index is 0.194. The smallest absolute Gasteiger partial charge is 0.265 e. The van der Waals surface area contributed by atoms with Crippen molar-refractivity contribution < 1.29 is 9.53 Å². The highest BCUT2D eigenvalue weighted by atomic mass is 32.1. The van der Waals surface area contributed by atoms with Gasteiger partial charge < -0.3 is 9.64 Å². The molecule has 5 heteroatoms. The Morgan fingerprint density at radius 3 is 3.00 bits per heavy atom. The molecule has 2 aliphatic heterocycles. The number of aromatic nitrogens is 1. The van der Waals surface area contributed by atoms with Crippen molar-refractivity contribution in [2.45, 2.75) is 44.9 Å². The first-order valence-electron chi connectivity index (χ1n) is 8.01. The molecule has 0 aromatic carbocycles. The Morgan fingerprint density at radius 1 is 1.43 bits per heavy atom. The van der Waals surface area contributed by atoms with E-state index in [2.05, 4.69) is 4.98 Å². The predicted octanol–water partition coefficient (Wildman–Crippen LogP) is 2.97. The molecule has 1 amide bonds. The van der Waals surface area contributed by atoms with E-state index < -0.39 is 0 Å². The summed E-state index contributed by atoms with van der Waals surface area (Å²) >= 11 is 1.63. The van der Waals surface area contributed by atoms with Crippen LogP contribution in [0.5, 0.6) is 0 Å². The third-order valence-corrected chi connectivity index (χ3v) is 6.37. The number of amides is 1. The van der Waals surface area contributed by atoms with Crippen LogP contribution in [0.1, 0.15) is 58.4 Å². The minimum Gasteiger partial charge on any atom is -0.381 e. The monoisotopic (exact) mass is 306 g/mol. The van der Waals surface area contributed by atoms with Crippen LogP contribution in [0.25, 0.3) is 0 Å². The fourth-order valence-corrected chi connectivity index (χ4v) is 4.81. The standard InChI is InChI=1S/C16H22N2O2S/c1-11-13(21-14(17-11)12-3-4-12)15(19)18-7-6-16(9-18)5-2-8-20-10-16/h12H,2-10H2,1H3. The Kier molecular flexibility index (Phi) is 3.30. The van der Waals surface area contributed by atoms with E-state index in [1.165, 1.54) is 24.3 Å². The highest BCUT2D eigenvalue weighted by molar-refractivity contribution is 7.13. The van der Waals surface area contributed by atoms with Gasteiger partial charge in [-0.25, -0.2) is 4.98 Å². The molecule has 3 heterocycles. The van der Waals surface area contributed by atoms with E-state index in [1.54, 1.807) is 11.3 Å². The van der Waals surface area contributed by atoms with E-state index >= 15 is 0 Å². The van der Waals surface area contributed by atoms with Crippen LogP contribution in [-0.4, -0.2) is 42.1 Å². The Hall–Kier alpha value is -0.940. The topological polar surface area (TPSA) is 42.4 Å². The lowest BCUT2D eigenvalue weighted by atomic mass is 9.82. The molecule has 3 aliphatic rings. The Balaban J connectivity index is 1.50. The van der Waals surface area contributed by atoms with Gasteiger partial charge in [-0.05, 0) is 39.0 Å². The van der Waals surface area contributed by atoms with E-state index in [1.807, 2.05) is 11.8 Å². The number of ether oxygens (including phenoxy) is 1. The van der Waals surface area contributed by atoms with Crippen molar-refractivity contribution in [3.05, 3.63) is 15.6 Å². The number of nitrogens with zero attached hydrogens (tertiary/aromatic N) is 2. The number of hydrogen-bond donors (Lipinski definition) is 0. The summed E-state index contributed by atoms with van der Waals surface area (Å²) in [6, 6.07) is 0. The van der Waals surface area contributed by atoms with E-state index in [-0.39, 0.29) is 11.3 Å². The third-order valence-electron chi connectivity index (χ3n) is 5.06. The van der Waals surface area contributed by atoms with Gasteiger partial charge in [0.15, 0.2) is 0 Å². The Labute approximate surface area is 129 Å². The molecule has 114 valence electrons. The van der Waals surface area contributed by atoms with Crippen LogP contribution >= 0.6 is 11.3 Å². The third kappa shape index (κ3) is 2.50. The molecular weight excluding hydrogens is 284 g/mol. The number of likely N-dealkylation sites (tertiary alicyclic amines) is 1. The van der Waals surface area contributed by atoms with E-state index in [9.17, 15) is 4.79 Å². The van der Waals surface area contributed by atoms with Crippen LogP contribution < -0.4 is 0 Å². The zero-order valence-corrected chi connectivity index (χ0v) is 13.4. The molecule has 1 aliphatic carbocycles. The second-order valence-electron chi connectivity index (χ2n) is 6.87. The van der Waals surface area contributed by atoms with Crippen LogP contribution in [0.2, 0.25) is 0 Å². The van der Waals surface area contributed by atoms with Crippen molar-refractivity contribution >= 4 is 17.2 Å². The summed E-state index contributed by atoms with van der Waals surface area (Å²) in [5.74, 6) is 0.825. The van der Waals surface area contributed by atoms with Gasteiger partial charge >= 0.3 is 0 Å². The maximum absolute atomic E-state index is 12.8. The average Bonchev–Trinajstić information content (AvgIpc) is 3.16. The molecule has 0 bridgehead atoms. The van der Waals surface area contributed by atoms with Gasteiger partial charge in [-0.15, -0.1) is 11.3 Å². The first-order chi connectivity index (χ1) is 10.2. The van der Waals surface area contributed by atoms with Crippen LogP contribution in [0, 0.1) is 12.3 Å². The van der Waals surface area contributed by atoms with Gasteiger partial charge in [-0.3, -0.25) is 4.79 Å². The Bertz CT molecular complexity index is 559. The summed E-state index contributed by atoms with van der Waals surface area (Å²) in [5.41, 5.74) is 1.15. The van der Waals surface area contributed by atoms with Crippen molar-refractivity contribution in [1.82, 2.24) is 9.88 Å². The number of hydrogen-bond acceptors (Lipinski definition) is 4. The first kappa shape index (κ1) is 13.7. The van der Waals surface area contributed by atoms with Gasteiger partial charge in [0, 0.05) is 31.0 Å². The van der Waals surface area contributed by atoms with Gasteiger partial charge in [0.05, 0.1) is 17.3 Å². The molecule has 4 nitrogen and oxygen atoms in total. The molecule has 4 rings (SSSR count). The van der Waals surface area contributed by atoms with Crippen molar-refractivity contribution in [2.75, 3.05) is 26.3 Å². The maximum Gasteiger partial charge on any atom is 0.265 e. The lowest BCUT2D eigenvalue weighted by Crippen LogP contribution is -2.37. The van der Waals surface area contributed by atoms with E-state index in [4.69, 9.17) is 4.74 Å².